The zero-order valence-electron chi connectivity index (χ0n) is 9.87. The van der Waals surface area contributed by atoms with Crippen LogP contribution < -0.4 is 4.90 Å². The Morgan fingerprint density at radius 1 is 1.72 bits per heavy atom. The molecule has 0 spiro atoms. The van der Waals surface area contributed by atoms with Gasteiger partial charge in [0.2, 0.25) is 5.82 Å². The molecule has 1 aromatic rings. The molecule has 0 saturated carbocycles. The number of nitriles is 1. The third kappa shape index (κ3) is 2.24. The molecule has 0 aromatic carbocycles. The second-order valence-corrected chi connectivity index (χ2v) is 3.99. The number of hydrogen-bond acceptors (Lipinski definition) is 6. The zero-order chi connectivity index (χ0) is 13.1. The second-order valence-electron chi connectivity index (χ2n) is 3.99. The molecule has 94 valence electrons. The number of hydrogen-bond donors (Lipinski definition) is 0. The smallest absolute Gasteiger partial charge is 0.314 e. The van der Waals surface area contributed by atoms with Crippen molar-refractivity contribution in [3.05, 3.63) is 27.9 Å². The molecule has 1 unspecified atom stereocenters. The minimum absolute atomic E-state index is 0.00362. The first-order valence-electron chi connectivity index (χ1n) is 5.49. The van der Waals surface area contributed by atoms with Crippen molar-refractivity contribution in [2.24, 2.45) is 0 Å². The summed E-state index contributed by atoms with van der Waals surface area (Å²) in [5.74, 6) is 0.309. The SMILES string of the molecule is Cc1ccnc(N2CCOC(C#N)C2)c1[N+](=O)[O-]. The maximum absolute atomic E-state index is 11.1. The minimum Gasteiger partial charge on any atom is -0.360 e. The Bertz CT molecular complexity index is 512. The van der Waals surface area contributed by atoms with Crippen LogP contribution in [-0.4, -0.2) is 35.7 Å². The van der Waals surface area contributed by atoms with Gasteiger partial charge >= 0.3 is 5.69 Å². The molecule has 18 heavy (non-hydrogen) atoms. The van der Waals surface area contributed by atoms with Crippen molar-refractivity contribution in [1.29, 1.82) is 5.26 Å². The lowest BCUT2D eigenvalue weighted by molar-refractivity contribution is -0.384. The second kappa shape index (κ2) is 4.98. The van der Waals surface area contributed by atoms with Crippen LogP contribution in [0.3, 0.4) is 0 Å². The van der Waals surface area contributed by atoms with Crippen LogP contribution in [0.2, 0.25) is 0 Å². The fraction of sp³-hybridized carbons (Fsp3) is 0.455. The fourth-order valence-electron chi connectivity index (χ4n) is 1.91. The molecule has 1 aliphatic heterocycles. The highest BCUT2D eigenvalue weighted by Gasteiger charge is 2.28. The monoisotopic (exact) mass is 248 g/mol. The molecule has 0 N–H and O–H groups in total. The molecule has 0 radical (unpaired) electrons. The van der Waals surface area contributed by atoms with E-state index in [1.54, 1.807) is 17.9 Å². The molecular weight excluding hydrogens is 236 g/mol. The normalized spacial score (nSPS) is 19.3. The molecule has 2 rings (SSSR count). The van der Waals surface area contributed by atoms with Gasteiger partial charge in [-0.2, -0.15) is 5.26 Å². The molecule has 7 heteroatoms. The minimum atomic E-state index is -0.569. The number of nitro groups is 1. The van der Waals surface area contributed by atoms with Crippen LogP contribution in [0.5, 0.6) is 0 Å². The van der Waals surface area contributed by atoms with Crippen LogP contribution in [0.4, 0.5) is 11.5 Å². The summed E-state index contributed by atoms with van der Waals surface area (Å²) in [5.41, 5.74) is 0.557. The average Bonchev–Trinajstić information content (AvgIpc) is 2.38. The fourth-order valence-corrected chi connectivity index (χ4v) is 1.91. The third-order valence-electron chi connectivity index (χ3n) is 2.80. The molecule has 1 atom stereocenters. The van der Waals surface area contributed by atoms with Crippen molar-refractivity contribution < 1.29 is 9.66 Å². The Hall–Kier alpha value is -2.20. The Morgan fingerprint density at radius 2 is 2.50 bits per heavy atom. The lowest BCUT2D eigenvalue weighted by atomic mass is 10.2. The maximum atomic E-state index is 11.1. The molecule has 7 nitrogen and oxygen atoms in total. The van der Waals surface area contributed by atoms with E-state index in [9.17, 15) is 10.1 Å². The van der Waals surface area contributed by atoms with Crippen molar-refractivity contribution in [3.8, 4) is 6.07 Å². The first-order valence-corrected chi connectivity index (χ1v) is 5.49. The number of nitrogens with zero attached hydrogens (tertiary/aromatic N) is 4. The molecule has 1 saturated heterocycles. The molecular formula is C11H12N4O3. The number of pyridine rings is 1. The van der Waals surface area contributed by atoms with Gasteiger partial charge < -0.3 is 9.64 Å². The summed E-state index contributed by atoms with van der Waals surface area (Å²) < 4.78 is 5.21. The van der Waals surface area contributed by atoms with Crippen LogP contribution in [0, 0.1) is 28.4 Å². The average molecular weight is 248 g/mol. The first kappa shape index (κ1) is 12.3. The Kier molecular flexibility index (Phi) is 3.39. The van der Waals surface area contributed by atoms with Crippen molar-refractivity contribution >= 4 is 11.5 Å². The number of aryl methyl sites for hydroxylation is 1. The summed E-state index contributed by atoms with van der Waals surface area (Å²) in [4.78, 5) is 16.4. The topological polar surface area (TPSA) is 92.3 Å². The van der Waals surface area contributed by atoms with Crippen LogP contribution >= 0.6 is 0 Å². The summed E-state index contributed by atoms with van der Waals surface area (Å²) in [6.45, 7) is 2.83. The largest absolute Gasteiger partial charge is 0.360 e. The highest BCUT2D eigenvalue weighted by Crippen LogP contribution is 2.29. The van der Waals surface area contributed by atoms with E-state index in [1.165, 1.54) is 6.20 Å². The first-order chi connectivity index (χ1) is 8.63. The number of anilines is 1. The molecule has 1 fully saturated rings. The van der Waals surface area contributed by atoms with E-state index < -0.39 is 11.0 Å². The van der Waals surface area contributed by atoms with Gasteiger partial charge in [0.05, 0.1) is 24.1 Å². The molecule has 0 aliphatic carbocycles. The number of aromatic nitrogens is 1. The Morgan fingerprint density at radius 3 is 3.17 bits per heavy atom. The van der Waals surface area contributed by atoms with Gasteiger partial charge in [-0.25, -0.2) is 4.98 Å². The van der Waals surface area contributed by atoms with Crippen molar-refractivity contribution in [2.45, 2.75) is 13.0 Å². The number of ether oxygens (including phenoxy) is 1. The Balaban J connectivity index is 2.36. The molecule has 1 aromatic heterocycles. The molecule has 0 bridgehead atoms. The van der Waals surface area contributed by atoms with Gasteiger partial charge in [-0.3, -0.25) is 10.1 Å². The molecule has 0 amide bonds. The van der Waals surface area contributed by atoms with E-state index in [-0.39, 0.29) is 5.69 Å². The summed E-state index contributed by atoms with van der Waals surface area (Å²) in [7, 11) is 0. The van der Waals surface area contributed by atoms with Gasteiger partial charge in [-0.1, -0.05) is 0 Å². The molecule has 1 aliphatic rings. The standard InChI is InChI=1S/C11H12N4O3/c1-8-2-3-13-11(10(8)15(16)17)14-4-5-18-9(6-12)7-14/h2-3,9H,4-5,7H2,1H3. The van der Waals surface area contributed by atoms with Crippen LogP contribution in [0.15, 0.2) is 12.3 Å². The Labute approximate surface area is 104 Å². The van der Waals surface area contributed by atoms with E-state index in [1.807, 2.05) is 6.07 Å². The zero-order valence-corrected chi connectivity index (χ0v) is 9.87. The highest BCUT2D eigenvalue weighted by molar-refractivity contribution is 5.61. The van der Waals surface area contributed by atoms with Crippen LogP contribution in [0.25, 0.3) is 0 Å². The van der Waals surface area contributed by atoms with E-state index in [4.69, 9.17) is 10.00 Å². The highest BCUT2D eigenvalue weighted by atomic mass is 16.6. The van der Waals surface area contributed by atoms with Gasteiger partial charge in [-0.15, -0.1) is 0 Å². The maximum Gasteiger partial charge on any atom is 0.314 e. The summed E-state index contributed by atoms with van der Waals surface area (Å²) >= 11 is 0. The van der Waals surface area contributed by atoms with Crippen molar-refractivity contribution in [1.82, 2.24) is 4.98 Å². The van der Waals surface area contributed by atoms with Crippen molar-refractivity contribution in [3.63, 3.8) is 0 Å². The van der Waals surface area contributed by atoms with Gasteiger partial charge in [0.25, 0.3) is 0 Å². The molecule has 2 heterocycles. The van der Waals surface area contributed by atoms with Crippen LogP contribution in [-0.2, 0) is 4.74 Å². The van der Waals surface area contributed by atoms with Gasteiger partial charge in [0, 0.05) is 18.3 Å². The van der Waals surface area contributed by atoms with Gasteiger partial charge in [0.1, 0.15) is 0 Å². The predicted molar refractivity (Wildman–Crippen MR) is 63.2 cm³/mol. The quantitative estimate of drug-likeness (QED) is 0.573. The van der Waals surface area contributed by atoms with E-state index >= 15 is 0 Å². The number of morpholine rings is 1. The lowest BCUT2D eigenvalue weighted by Gasteiger charge is -2.30. The summed E-state index contributed by atoms with van der Waals surface area (Å²) in [6, 6.07) is 3.61. The van der Waals surface area contributed by atoms with Gasteiger partial charge in [-0.05, 0) is 13.0 Å². The summed E-state index contributed by atoms with van der Waals surface area (Å²) in [5, 5.41) is 19.9. The predicted octanol–water partition coefficient (Wildman–Crippen LogP) is 1.03. The van der Waals surface area contributed by atoms with Gasteiger partial charge in [0.15, 0.2) is 6.10 Å². The van der Waals surface area contributed by atoms with E-state index in [2.05, 4.69) is 4.98 Å². The van der Waals surface area contributed by atoms with E-state index in [0.29, 0.717) is 31.1 Å². The van der Waals surface area contributed by atoms with Crippen LogP contribution in [0.1, 0.15) is 5.56 Å². The third-order valence-corrected chi connectivity index (χ3v) is 2.80. The van der Waals surface area contributed by atoms with Crippen molar-refractivity contribution in [2.75, 3.05) is 24.6 Å². The van der Waals surface area contributed by atoms with E-state index in [0.717, 1.165) is 0 Å². The summed E-state index contributed by atoms with van der Waals surface area (Å²) in [6.07, 6.45) is 0.967. The number of rotatable bonds is 2. The lowest BCUT2D eigenvalue weighted by Crippen LogP contribution is -2.42.